The van der Waals surface area contributed by atoms with Crippen LogP contribution in [0.15, 0.2) is 24.3 Å². The van der Waals surface area contributed by atoms with Crippen molar-refractivity contribution in [1.29, 1.82) is 0 Å². The third kappa shape index (κ3) is 3.58. The lowest BCUT2D eigenvalue weighted by Crippen LogP contribution is -2.51. The van der Waals surface area contributed by atoms with Crippen LogP contribution in [0.2, 0.25) is 5.15 Å². The Hall–Kier alpha value is -1.88. The standard InChI is InChI=1S/C23H27ClFN3O/c1-14-20(21(24)28(27-14)12-15-2-4-19(25)5-3-15)22(29)26-13-23-9-16-6-17(10-23)8-18(7-16)11-23/h2-5,16-18H,6-13H2,1H3,(H,26,29). The van der Waals surface area contributed by atoms with E-state index in [1.165, 1.54) is 50.7 Å². The topological polar surface area (TPSA) is 46.9 Å². The highest BCUT2D eigenvalue weighted by molar-refractivity contribution is 6.33. The van der Waals surface area contributed by atoms with Gasteiger partial charge < -0.3 is 5.32 Å². The molecular formula is C23H27ClFN3O. The van der Waals surface area contributed by atoms with E-state index in [-0.39, 0.29) is 17.1 Å². The van der Waals surface area contributed by atoms with E-state index < -0.39 is 0 Å². The van der Waals surface area contributed by atoms with Crippen LogP contribution in [0, 0.1) is 35.9 Å². The van der Waals surface area contributed by atoms with Crippen LogP contribution in [0.25, 0.3) is 0 Å². The van der Waals surface area contributed by atoms with Gasteiger partial charge in [-0.15, -0.1) is 0 Å². The van der Waals surface area contributed by atoms with Crippen molar-refractivity contribution >= 4 is 17.5 Å². The molecule has 0 saturated heterocycles. The van der Waals surface area contributed by atoms with Crippen LogP contribution in [0.3, 0.4) is 0 Å². The number of hydrogen-bond donors (Lipinski definition) is 1. The Morgan fingerprint density at radius 3 is 2.34 bits per heavy atom. The van der Waals surface area contributed by atoms with Gasteiger partial charge in [0.2, 0.25) is 0 Å². The molecule has 2 aromatic rings. The van der Waals surface area contributed by atoms with Gasteiger partial charge in [0, 0.05) is 6.54 Å². The van der Waals surface area contributed by atoms with Crippen LogP contribution in [0.1, 0.15) is 60.1 Å². The highest BCUT2D eigenvalue weighted by Crippen LogP contribution is 2.59. The SMILES string of the molecule is Cc1nn(Cc2ccc(F)cc2)c(Cl)c1C(=O)NCC12CC3CC(CC(C3)C1)C2. The van der Waals surface area contributed by atoms with Crippen molar-refractivity contribution in [3.63, 3.8) is 0 Å². The summed E-state index contributed by atoms with van der Waals surface area (Å²) in [6.07, 6.45) is 7.97. The number of carbonyl (C=O) groups excluding carboxylic acids is 1. The van der Waals surface area contributed by atoms with Crippen LogP contribution in [-0.4, -0.2) is 22.2 Å². The molecule has 1 heterocycles. The monoisotopic (exact) mass is 415 g/mol. The van der Waals surface area contributed by atoms with E-state index in [1.807, 2.05) is 6.92 Å². The Labute approximate surface area is 175 Å². The molecule has 154 valence electrons. The molecule has 0 radical (unpaired) electrons. The Morgan fingerprint density at radius 1 is 1.17 bits per heavy atom. The molecule has 4 aliphatic carbocycles. The summed E-state index contributed by atoms with van der Waals surface area (Å²) in [5.41, 5.74) is 2.25. The second-order valence-electron chi connectivity index (χ2n) is 9.64. The first-order valence-corrected chi connectivity index (χ1v) is 11.0. The average molecular weight is 416 g/mol. The van der Waals surface area contributed by atoms with E-state index in [0.29, 0.717) is 23.0 Å². The molecule has 1 amide bonds. The third-order valence-electron chi connectivity index (χ3n) is 7.33. The Kier molecular flexibility index (Phi) is 4.69. The van der Waals surface area contributed by atoms with Crippen molar-refractivity contribution in [3.8, 4) is 0 Å². The summed E-state index contributed by atoms with van der Waals surface area (Å²) in [5, 5.41) is 7.99. The number of carbonyl (C=O) groups is 1. The zero-order chi connectivity index (χ0) is 20.2. The molecule has 4 fully saturated rings. The van der Waals surface area contributed by atoms with Gasteiger partial charge in [-0.2, -0.15) is 5.10 Å². The molecule has 6 heteroatoms. The third-order valence-corrected chi connectivity index (χ3v) is 7.71. The number of benzene rings is 1. The molecule has 0 atom stereocenters. The van der Waals surface area contributed by atoms with Gasteiger partial charge in [0.25, 0.3) is 5.91 Å². The molecule has 4 saturated carbocycles. The highest BCUT2D eigenvalue weighted by Gasteiger charge is 2.50. The first-order valence-electron chi connectivity index (χ1n) is 10.7. The molecule has 1 aromatic heterocycles. The second-order valence-corrected chi connectivity index (χ2v) is 9.99. The number of hydrogen-bond acceptors (Lipinski definition) is 2. The lowest BCUT2D eigenvalue weighted by atomic mass is 9.49. The molecular weight excluding hydrogens is 389 g/mol. The first-order chi connectivity index (χ1) is 13.9. The zero-order valence-electron chi connectivity index (χ0n) is 16.8. The Morgan fingerprint density at radius 2 is 1.76 bits per heavy atom. The molecule has 1 N–H and O–H groups in total. The summed E-state index contributed by atoms with van der Waals surface area (Å²) in [4.78, 5) is 13.0. The number of rotatable bonds is 5. The first kappa shape index (κ1) is 19.1. The largest absolute Gasteiger partial charge is 0.351 e. The van der Waals surface area contributed by atoms with E-state index in [9.17, 15) is 9.18 Å². The van der Waals surface area contributed by atoms with Gasteiger partial charge in [-0.1, -0.05) is 23.7 Å². The van der Waals surface area contributed by atoms with Gasteiger partial charge in [0.1, 0.15) is 11.0 Å². The summed E-state index contributed by atoms with van der Waals surface area (Å²) in [5.74, 6) is 2.18. The molecule has 4 bridgehead atoms. The molecule has 0 aliphatic heterocycles. The molecule has 0 spiro atoms. The lowest BCUT2D eigenvalue weighted by Gasteiger charge is -2.56. The van der Waals surface area contributed by atoms with Crippen LogP contribution < -0.4 is 5.32 Å². The maximum absolute atomic E-state index is 13.1. The second kappa shape index (κ2) is 7.12. The molecule has 4 nitrogen and oxygen atoms in total. The summed E-state index contributed by atoms with van der Waals surface area (Å²) in [7, 11) is 0. The minimum Gasteiger partial charge on any atom is -0.351 e. The Bertz CT molecular complexity index is 901. The van der Waals surface area contributed by atoms with Crippen molar-refractivity contribution in [2.45, 2.75) is 52.0 Å². The van der Waals surface area contributed by atoms with Gasteiger partial charge in [0.05, 0.1) is 17.8 Å². The molecule has 6 rings (SSSR count). The summed E-state index contributed by atoms with van der Waals surface area (Å²) >= 11 is 6.53. The fraction of sp³-hybridized carbons (Fsp3) is 0.565. The van der Waals surface area contributed by atoms with E-state index in [2.05, 4.69) is 10.4 Å². The minimum absolute atomic E-state index is 0.131. The van der Waals surface area contributed by atoms with Crippen molar-refractivity contribution < 1.29 is 9.18 Å². The van der Waals surface area contributed by atoms with Crippen molar-refractivity contribution in [1.82, 2.24) is 15.1 Å². The minimum atomic E-state index is -0.277. The number of nitrogens with zero attached hydrogens (tertiary/aromatic N) is 2. The maximum Gasteiger partial charge on any atom is 0.256 e. The number of amides is 1. The van der Waals surface area contributed by atoms with Gasteiger partial charge in [-0.05, 0) is 86.3 Å². The van der Waals surface area contributed by atoms with Gasteiger partial charge in [0.15, 0.2) is 0 Å². The molecule has 29 heavy (non-hydrogen) atoms. The fourth-order valence-electron chi connectivity index (χ4n) is 6.54. The van der Waals surface area contributed by atoms with E-state index >= 15 is 0 Å². The molecule has 1 aromatic carbocycles. The van der Waals surface area contributed by atoms with E-state index in [1.54, 1.807) is 16.8 Å². The van der Waals surface area contributed by atoms with Crippen LogP contribution >= 0.6 is 11.6 Å². The lowest BCUT2D eigenvalue weighted by molar-refractivity contribution is -0.0503. The average Bonchev–Trinajstić information content (AvgIpc) is 2.94. The fourth-order valence-corrected chi connectivity index (χ4v) is 6.86. The number of aryl methyl sites for hydroxylation is 1. The number of aromatic nitrogens is 2. The van der Waals surface area contributed by atoms with Crippen LogP contribution in [0.4, 0.5) is 4.39 Å². The van der Waals surface area contributed by atoms with E-state index in [0.717, 1.165) is 29.9 Å². The van der Waals surface area contributed by atoms with Crippen LogP contribution in [0.5, 0.6) is 0 Å². The van der Waals surface area contributed by atoms with Gasteiger partial charge in [-0.25, -0.2) is 9.07 Å². The summed E-state index contributed by atoms with van der Waals surface area (Å²) < 4.78 is 14.7. The maximum atomic E-state index is 13.1. The van der Waals surface area contributed by atoms with Gasteiger partial charge >= 0.3 is 0 Å². The number of nitrogens with one attached hydrogen (secondary N) is 1. The molecule has 4 aliphatic rings. The Balaban J connectivity index is 1.29. The quantitative estimate of drug-likeness (QED) is 0.748. The number of halogens is 2. The predicted molar refractivity (Wildman–Crippen MR) is 110 cm³/mol. The summed E-state index contributed by atoms with van der Waals surface area (Å²) in [6.45, 7) is 2.96. The van der Waals surface area contributed by atoms with Crippen LogP contribution in [-0.2, 0) is 6.54 Å². The van der Waals surface area contributed by atoms with Gasteiger partial charge in [-0.3, -0.25) is 4.79 Å². The van der Waals surface area contributed by atoms with E-state index in [4.69, 9.17) is 11.6 Å². The smallest absolute Gasteiger partial charge is 0.256 e. The normalized spacial score (nSPS) is 30.0. The molecule has 0 unspecified atom stereocenters. The summed E-state index contributed by atoms with van der Waals surface area (Å²) in [6, 6.07) is 6.24. The van der Waals surface area contributed by atoms with Crippen molar-refractivity contribution in [3.05, 3.63) is 52.1 Å². The predicted octanol–water partition coefficient (Wildman–Crippen LogP) is 4.98. The zero-order valence-corrected chi connectivity index (χ0v) is 17.5. The van der Waals surface area contributed by atoms with Crippen molar-refractivity contribution in [2.75, 3.05) is 6.54 Å². The van der Waals surface area contributed by atoms with Crippen molar-refractivity contribution in [2.24, 2.45) is 23.2 Å². The highest BCUT2D eigenvalue weighted by atomic mass is 35.5.